The third-order valence-electron chi connectivity index (χ3n) is 3.25. The van der Waals surface area contributed by atoms with Crippen LogP contribution in [-0.4, -0.2) is 51.5 Å². The van der Waals surface area contributed by atoms with Crippen LogP contribution in [0.5, 0.6) is 0 Å². The van der Waals surface area contributed by atoms with Crippen molar-refractivity contribution in [2.24, 2.45) is 11.7 Å². The summed E-state index contributed by atoms with van der Waals surface area (Å²) in [5.41, 5.74) is 5.34. The second-order valence-electron chi connectivity index (χ2n) is 6.09. The molecule has 0 spiro atoms. The van der Waals surface area contributed by atoms with Crippen molar-refractivity contribution >= 4 is 19.5 Å². The van der Waals surface area contributed by atoms with E-state index in [1.54, 1.807) is 13.8 Å². The highest BCUT2D eigenvalue weighted by Crippen LogP contribution is 2.50. The summed E-state index contributed by atoms with van der Waals surface area (Å²) < 4.78 is 17.5. The highest BCUT2D eigenvalue weighted by atomic mass is 31.2. The molecule has 0 heterocycles. The zero-order chi connectivity index (χ0) is 18.9. The average molecular weight is 368 g/mol. The first kappa shape index (κ1) is 23.0. The largest absolute Gasteiger partial charge is 0.479 e. The van der Waals surface area contributed by atoms with Crippen LogP contribution in [0.4, 0.5) is 0 Å². The third-order valence-corrected chi connectivity index (χ3v) is 5.23. The molecular formula is C14H29N2O7P. The molecule has 0 aromatic rings. The van der Waals surface area contributed by atoms with Crippen LogP contribution in [0, 0.1) is 5.92 Å². The molecule has 24 heavy (non-hydrogen) atoms. The lowest BCUT2D eigenvalue weighted by Crippen LogP contribution is -2.41. The fourth-order valence-electron chi connectivity index (χ4n) is 2.06. The number of unbranched alkanes of at least 4 members (excludes halogenated alkanes) is 1. The van der Waals surface area contributed by atoms with Crippen LogP contribution in [0.1, 0.15) is 46.5 Å². The van der Waals surface area contributed by atoms with Crippen LogP contribution in [0.25, 0.3) is 0 Å². The monoisotopic (exact) mass is 368 g/mol. The van der Waals surface area contributed by atoms with Crippen molar-refractivity contribution in [2.45, 2.75) is 64.4 Å². The zero-order valence-electron chi connectivity index (χ0n) is 14.3. The number of hydrogen-bond acceptors (Lipinski definition) is 6. The lowest BCUT2D eigenvalue weighted by molar-refractivity contribution is -0.145. The van der Waals surface area contributed by atoms with Crippen LogP contribution in [-0.2, 0) is 18.7 Å². The molecular weight excluding hydrogens is 339 g/mol. The van der Waals surface area contributed by atoms with Crippen LogP contribution in [0.3, 0.4) is 0 Å². The Morgan fingerprint density at radius 2 is 1.83 bits per heavy atom. The fourth-order valence-corrected chi connectivity index (χ4v) is 3.81. The molecule has 0 fully saturated rings. The predicted octanol–water partition coefficient (Wildman–Crippen LogP) is 0.640. The van der Waals surface area contributed by atoms with Crippen molar-refractivity contribution in [1.29, 1.82) is 0 Å². The van der Waals surface area contributed by atoms with E-state index < -0.39 is 43.4 Å². The number of carboxylic acids is 1. The molecule has 4 atom stereocenters. The molecule has 0 aromatic carbocycles. The molecule has 10 heteroatoms. The van der Waals surface area contributed by atoms with Crippen molar-refractivity contribution in [1.82, 2.24) is 5.32 Å². The summed E-state index contributed by atoms with van der Waals surface area (Å²) >= 11 is 0. The van der Waals surface area contributed by atoms with Gasteiger partial charge < -0.3 is 26.2 Å². The number of carbonyl (C=O) groups excluding carboxylic acids is 1. The second-order valence-corrected chi connectivity index (χ2v) is 7.99. The summed E-state index contributed by atoms with van der Waals surface area (Å²) in [6.07, 6.45) is -1.54. The Morgan fingerprint density at radius 3 is 2.25 bits per heavy atom. The Labute approximate surface area is 142 Å². The second kappa shape index (κ2) is 10.8. The highest BCUT2D eigenvalue weighted by Gasteiger charge is 2.40. The minimum Gasteiger partial charge on any atom is -0.479 e. The van der Waals surface area contributed by atoms with E-state index in [9.17, 15) is 24.2 Å². The molecule has 0 bridgehead atoms. The normalized spacial score (nSPS) is 17.8. The Bertz CT molecular complexity index is 456. The van der Waals surface area contributed by atoms with Gasteiger partial charge in [0.2, 0.25) is 5.91 Å². The first-order chi connectivity index (χ1) is 11.0. The number of aliphatic hydroxyl groups excluding tert-OH is 1. The lowest BCUT2D eigenvalue weighted by Gasteiger charge is -2.28. The van der Waals surface area contributed by atoms with E-state index in [0.717, 1.165) is 0 Å². The number of aliphatic hydroxyl groups is 1. The number of nitrogens with two attached hydrogens (primary N) is 1. The van der Waals surface area contributed by atoms with Crippen LogP contribution in [0.2, 0.25) is 0 Å². The number of amides is 1. The van der Waals surface area contributed by atoms with Crippen molar-refractivity contribution in [3.05, 3.63) is 0 Å². The van der Waals surface area contributed by atoms with Gasteiger partial charge in [0.1, 0.15) is 5.78 Å². The van der Waals surface area contributed by atoms with Gasteiger partial charge in [-0.15, -0.1) is 0 Å². The predicted molar refractivity (Wildman–Crippen MR) is 88.3 cm³/mol. The maximum Gasteiger partial charge on any atom is 0.351 e. The summed E-state index contributed by atoms with van der Waals surface area (Å²) in [5.74, 6) is -3.70. The maximum atomic E-state index is 12.5. The SMILES string of the molecule is CC(C)C(NC(=O)C[C@@H](C)O)P(=O)(O)O[C@H](CCCCN)C(=O)O. The Hall–Kier alpha value is -0.990. The molecule has 0 radical (unpaired) electrons. The molecule has 0 saturated heterocycles. The first-order valence-electron chi connectivity index (χ1n) is 7.92. The smallest absolute Gasteiger partial charge is 0.351 e. The van der Waals surface area contributed by atoms with Crippen molar-refractivity contribution in [3.63, 3.8) is 0 Å². The maximum absolute atomic E-state index is 12.5. The summed E-state index contributed by atoms with van der Waals surface area (Å²) in [4.78, 5) is 33.2. The third kappa shape index (κ3) is 8.75. The van der Waals surface area contributed by atoms with Gasteiger partial charge in [-0.05, 0) is 38.6 Å². The molecule has 0 aliphatic rings. The van der Waals surface area contributed by atoms with Gasteiger partial charge in [-0.1, -0.05) is 13.8 Å². The molecule has 1 amide bonds. The van der Waals surface area contributed by atoms with Crippen LogP contribution < -0.4 is 11.1 Å². The van der Waals surface area contributed by atoms with Crippen molar-refractivity contribution < 1.29 is 33.8 Å². The fraction of sp³-hybridized carbons (Fsp3) is 0.857. The zero-order valence-corrected chi connectivity index (χ0v) is 15.2. The first-order valence-corrected chi connectivity index (χ1v) is 9.57. The van der Waals surface area contributed by atoms with E-state index >= 15 is 0 Å². The minimum atomic E-state index is -4.44. The number of carbonyl (C=O) groups is 2. The number of rotatable bonds is 12. The minimum absolute atomic E-state index is 0.0452. The van der Waals surface area contributed by atoms with Crippen molar-refractivity contribution in [3.8, 4) is 0 Å². The van der Waals surface area contributed by atoms with Gasteiger partial charge in [-0.25, -0.2) is 4.79 Å². The summed E-state index contributed by atoms with van der Waals surface area (Å²) in [5, 5.41) is 20.7. The van der Waals surface area contributed by atoms with Gasteiger partial charge in [-0.3, -0.25) is 13.9 Å². The highest BCUT2D eigenvalue weighted by molar-refractivity contribution is 7.53. The van der Waals surface area contributed by atoms with Crippen LogP contribution >= 0.6 is 7.60 Å². The van der Waals surface area contributed by atoms with E-state index in [1.165, 1.54) is 6.92 Å². The van der Waals surface area contributed by atoms with E-state index in [1.807, 2.05) is 0 Å². The molecule has 6 N–H and O–H groups in total. The van der Waals surface area contributed by atoms with Gasteiger partial charge in [0, 0.05) is 0 Å². The molecule has 0 aromatic heterocycles. The van der Waals surface area contributed by atoms with E-state index in [4.69, 9.17) is 15.4 Å². The summed E-state index contributed by atoms with van der Waals surface area (Å²) in [6.45, 7) is 5.00. The van der Waals surface area contributed by atoms with Crippen LogP contribution in [0.15, 0.2) is 0 Å². The molecule has 142 valence electrons. The molecule has 0 aliphatic heterocycles. The summed E-state index contributed by atoms with van der Waals surface area (Å²) in [7, 11) is -4.44. The topological polar surface area (TPSA) is 159 Å². The van der Waals surface area contributed by atoms with Gasteiger partial charge in [0.25, 0.3) is 0 Å². The van der Waals surface area contributed by atoms with E-state index in [0.29, 0.717) is 19.4 Å². The van der Waals surface area contributed by atoms with E-state index in [-0.39, 0.29) is 12.8 Å². The van der Waals surface area contributed by atoms with Gasteiger partial charge in [-0.2, -0.15) is 0 Å². The van der Waals surface area contributed by atoms with E-state index in [2.05, 4.69) is 5.32 Å². The number of nitrogens with one attached hydrogen (secondary N) is 1. The molecule has 0 rings (SSSR count). The van der Waals surface area contributed by atoms with Gasteiger partial charge in [0.15, 0.2) is 6.10 Å². The standard InChI is InChI=1S/C14H29N2O7P/c1-9(2)13(16-12(18)8-10(3)17)24(21,22)23-11(14(19)20)6-4-5-7-15/h9-11,13,17H,4-8,15H2,1-3H3,(H,16,18)(H,19,20)(H,21,22)/t10-,11-,13?/m1/s1. The Morgan fingerprint density at radius 1 is 1.25 bits per heavy atom. The Kier molecular flexibility index (Phi) is 10.3. The van der Waals surface area contributed by atoms with Gasteiger partial charge in [0.05, 0.1) is 12.5 Å². The Balaban J connectivity index is 5.05. The summed E-state index contributed by atoms with van der Waals surface area (Å²) in [6, 6.07) is 0. The number of carboxylic acid groups (broad SMARTS) is 1. The number of aliphatic carboxylic acids is 1. The lowest BCUT2D eigenvalue weighted by atomic mass is 10.1. The molecule has 0 aliphatic carbocycles. The van der Waals surface area contributed by atoms with Gasteiger partial charge >= 0.3 is 13.6 Å². The van der Waals surface area contributed by atoms with Crippen molar-refractivity contribution in [2.75, 3.05) is 6.54 Å². The number of hydrogen-bond donors (Lipinski definition) is 5. The average Bonchev–Trinajstić information content (AvgIpc) is 2.42. The molecule has 9 nitrogen and oxygen atoms in total. The quantitative estimate of drug-likeness (QED) is 0.248. The molecule has 0 saturated carbocycles. The molecule has 2 unspecified atom stereocenters.